The van der Waals surface area contributed by atoms with Gasteiger partial charge in [0.25, 0.3) is 0 Å². The Morgan fingerprint density at radius 1 is 1.07 bits per heavy atom. The van der Waals surface area contributed by atoms with Crippen LogP contribution in [0.3, 0.4) is 0 Å². The van der Waals surface area contributed by atoms with Gasteiger partial charge in [0.1, 0.15) is 11.5 Å². The molecule has 9 nitrogen and oxygen atoms in total. The monoisotopic (exact) mass is 623 g/mol. The van der Waals surface area contributed by atoms with E-state index >= 15 is 0 Å². The Labute approximate surface area is 263 Å². The van der Waals surface area contributed by atoms with Crippen molar-refractivity contribution < 1.29 is 4.39 Å². The number of pyridine rings is 2. The Balaban J connectivity index is 1.52. The number of fused-ring (bicyclic) bond motifs is 1. The first-order chi connectivity index (χ1) is 21.4. The molecule has 232 valence electrons. The van der Waals surface area contributed by atoms with Crippen LogP contribution in [-0.4, -0.2) is 73.7 Å². The fraction of sp³-hybridized carbons (Fsp3) is 0.176. The van der Waals surface area contributed by atoms with Crippen molar-refractivity contribution in [2.45, 2.75) is 13.5 Å². The van der Waals surface area contributed by atoms with Crippen LogP contribution in [0.4, 0.5) is 10.1 Å². The number of imidazole rings is 1. The Morgan fingerprint density at radius 2 is 1.84 bits per heavy atom. The average molecular weight is 624 g/mol. The quantitative estimate of drug-likeness (QED) is 0.159. The van der Waals surface area contributed by atoms with Crippen molar-refractivity contribution in [1.82, 2.24) is 39.8 Å². The summed E-state index contributed by atoms with van der Waals surface area (Å²) in [5, 5.41) is 12.6. The molecule has 0 bridgehead atoms. The minimum atomic E-state index is -1.45. The Bertz CT molecular complexity index is 2140. The highest BCUT2D eigenvalue weighted by molar-refractivity contribution is 8.25. The topological polar surface area (TPSA) is 110 Å². The van der Waals surface area contributed by atoms with Crippen LogP contribution in [0.2, 0.25) is 0 Å². The van der Waals surface area contributed by atoms with Crippen LogP contribution >= 0.6 is 9.39 Å². The molecule has 4 heterocycles. The SMILES string of the molecule is C=C(CN(C)C)Nc1cncc(C(=C)/C=c2/c(-c3nc4c(-c5cc(F)cc(CNS(=C)(=C)C)c5)cncc4[nH]3)n[nH]/c2=C/C)c1. The van der Waals surface area contributed by atoms with Crippen LogP contribution in [0.15, 0.2) is 67.9 Å². The fourth-order valence-electron chi connectivity index (χ4n) is 4.90. The van der Waals surface area contributed by atoms with E-state index in [-0.39, 0.29) is 5.82 Å². The number of hydrogen-bond donors (Lipinski definition) is 4. The number of aromatic amines is 2. The first kappa shape index (κ1) is 31.6. The maximum absolute atomic E-state index is 14.8. The van der Waals surface area contributed by atoms with E-state index in [1.54, 1.807) is 24.8 Å². The lowest BCUT2D eigenvalue weighted by molar-refractivity contribution is 0.447. The average Bonchev–Trinajstić information content (AvgIpc) is 3.58. The van der Waals surface area contributed by atoms with Gasteiger partial charge in [-0.3, -0.25) is 19.8 Å². The van der Waals surface area contributed by atoms with Crippen LogP contribution in [0.5, 0.6) is 0 Å². The van der Waals surface area contributed by atoms with E-state index in [2.05, 4.69) is 60.1 Å². The van der Waals surface area contributed by atoms with Gasteiger partial charge in [-0.25, -0.2) is 9.37 Å². The number of nitrogens with one attached hydrogen (secondary N) is 4. The Kier molecular flexibility index (Phi) is 9.14. The van der Waals surface area contributed by atoms with Crippen molar-refractivity contribution in [3.63, 3.8) is 0 Å². The molecule has 4 N–H and O–H groups in total. The molecule has 45 heavy (non-hydrogen) atoms. The fourth-order valence-corrected chi connectivity index (χ4v) is 5.41. The van der Waals surface area contributed by atoms with E-state index in [0.29, 0.717) is 46.8 Å². The number of aromatic nitrogens is 6. The number of rotatable bonds is 11. The highest BCUT2D eigenvalue weighted by Gasteiger charge is 2.16. The largest absolute Gasteiger partial charge is 0.357 e. The van der Waals surface area contributed by atoms with Gasteiger partial charge in [0.05, 0.1) is 34.5 Å². The summed E-state index contributed by atoms with van der Waals surface area (Å²) in [5.74, 6) is 8.30. The van der Waals surface area contributed by atoms with Crippen molar-refractivity contribution in [3.8, 4) is 22.6 Å². The van der Waals surface area contributed by atoms with E-state index in [9.17, 15) is 4.39 Å². The van der Waals surface area contributed by atoms with Gasteiger partial charge < -0.3 is 15.2 Å². The van der Waals surface area contributed by atoms with Gasteiger partial charge in [-0.05, 0) is 74.3 Å². The summed E-state index contributed by atoms with van der Waals surface area (Å²) in [5.41, 5.74) is 7.41. The Morgan fingerprint density at radius 3 is 2.58 bits per heavy atom. The second-order valence-electron chi connectivity index (χ2n) is 11.4. The van der Waals surface area contributed by atoms with E-state index in [4.69, 9.17) is 4.98 Å². The number of halogens is 1. The Hall–Kier alpha value is -4.84. The summed E-state index contributed by atoms with van der Waals surface area (Å²) in [6.07, 6.45) is 12.8. The van der Waals surface area contributed by atoms with Crippen LogP contribution in [0, 0.1) is 5.82 Å². The van der Waals surface area contributed by atoms with Crippen molar-refractivity contribution in [1.29, 1.82) is 0 Å². The highest BCUT2D eigenvalue weighted by atomic mass is 32.2. The molecule has 5 aromatic rings. The smallest absolute Gasteiger partial charge is 0.159 e. The molecular weight excluding hydrogens is 586 g/mol. The number of nitrogens with zero attached hydrogens (tertiary/aromatic N) is 5. The van der Waals surface area contributed by atoms with Gasteiger partial charge in [-0.1, -0.05) is 31.0 Å². The lowest BCUT2D eigenvalue weighted by atomic mass is 10.0. The predicted molar refractivity (Wildman–Crippen MR) is 190 cm³/mol. The van der Waals surface area contributed by atoms with Crippen LogP contribution in [0.1, 0.15) is 18.1 Å². The first-order valence-corrected chi connectivity index (χ1v) is 16.6. The van der Waals surface area contributed by atoms with Gasteiger partial charge in [0, 0.05) is 47.5 Å². The standard InChI is InChI=1S/C34H38FN9S/c1-9-30-28(10-21(2)25-14-27(17-36-16-25)39-22(3)20-44(4)5)33(43-42-30)34-40-31-19-37-18-29(32(31)41-34)24-11-23(12-26(35)13-24)15-38-45(6,7)8/h9-14,16-19,38-39,42H,2-3,6-7,15,20H2,1,4-5,8H3,(H,40,41)/b28-10+,30-9+. The molecule has 0 saturated heterocycles. The third-order valence-electron chi connectivity index (χ3n) is 6.89. The minimum absolute atomic E-state index is 0.344. The molecule has 0 atom stereocenters. The van der Waals surface area contributed by atoms with E-state index in [1.807, 2.05) is 56.5 Å². The summed E-state index contributed by atoms with van der Waals surface area (Å²) in [7, 11) is 2.53. The van der Waals surface area contributed by atoms with Crippen molar-refractivity contribution in [2.75, 3.05) is 32.2 Å². The molecule has 0 radical (unpaired) electrons. The summed E-state index contributed by atoms with van der Waals surface area (Å²) in [6.45, 7) is 11.5. The molecule has 0 aliphatic rings. The third-order valence-corrected chi connectivity index (χ3v) is 7.73. The van der Waals surface area contributed by atoms with Crippen molar-refractivity contribution in [2.24, 2.45) is 0 Å². The lowest BCUT2D eigenvalue weighted by Gasteiger charge is -2.14. The van der Waals surface area contributed by atoms with Crippen molar-refractivity contribution >= 4 is 55.6 Å². The molecule has 0 aliphatic heterocycles. The lowest BCUT2D eigenvalue weighted by Crippen LogP contribution is -2.23. The van der Waals surface area contributed by atoms with Gasteiger partial charge in [-0.2, -0.15) is 14.5 Å². The number of hydrogen-bond acceptors (Lipinski definition) is 7. The predicted octanol–water partition coefficient (Wildman–Crippen LogP) is 4.63. The van der Waals surface area contributed by atoms with Gasteiger partial charge in [0.2, 0.25) is 0 Å². The van der Waals surface area contributed by atoms with Crippen LogP contribution in [0.25, 0.3) is 51.4 Å². The van der Waals surface area contributed by atoms with Gasteiger partial charge in [-0.15, -0.1) is 0 Å². The number of H-pyrrole nitrogens is 2. The third kappa shape index (κ3) is 7.63. The normalized spacial score (nSPS) is 12.8. The van der Waals surface area contributed by atoms with Gasteiger partial charge >= 0.3 is 0 Å². The molecule has 0 aliphatic carbocycles. The van der Waals surface area contributed by atoms with Crippen molar-refractivity contribution in [3.05, 3.63) is 95.4 Å². The van der Waals surface area contributed by atoms with Gasteiger partial charge in [0.15, 0.2) is 5.82 Å². The first-order valence-electron chi connectivity index (χ1n) is 14.2. The summed E-state index contributed by atoms with van der Waals surface area (Å²) < 4.78 is 18.0. The summed E-state index contributed by atoms with van der Waals surface area (Å²) in [6, 6.07) is 6.91. The zero-order valence-corrected chi connectivity index (χ0v) is 26.9. The zero-order valence-electron chi connectivity index (χ0n) is 26.0. The number of anilines is 1. The molecule has 0 spiro atoms. The summed E-state index contributed by atoms with van der Waals surface area (Å²) >= 11 is 0. The molecule has 0 saturated carbocycles. The maximum Gasteiger partial charge on any atom is 0.159 e. The molecular formula is C34H38FN9S. The number of benzene rings is 1. The molecule has 5 rings (SSSR count). The number of allylic oxidation sites excluding steroid dienone is 1. The zero-order chi connectivity index (χ0) is 32.3. The molecule has 4 aromatic heterocycles. The molecule has 0 fully saturated rings. The van der Waals surface area contributed by atoms with E-state index in [0.717, 1.165) is 38.7 Å². The minimum Gasteiger partial charge on any atom is -0.357 e. The molecule has 0 amide bonds. The van der Waals surface area contributed by atoms with Crippen LogP contribution in [-0.2, 0) is 6.54 Å². The molecule has 0 unspecified atom stereocenters. The van der Waals surface area contributed by atoms with Crippen LogP contribution < -0.4 is 20.6 Å². The maximum atomic E-state index is 14.8. The highest BCUT2D eigenvalue weighted by Crippen LogP contribution is 2.29. The number of likely N-dealkylation sites (N-methyl/N-ethyl adjacent to an activating group) is 1. The molecule has 1 aromatic carbocycles. The second-order valence-corrected chi connectivity index (χ2v) is 14.2. The second kappa shape index (κ2) is 13.0. The summed E-state index contributed by atoms with van der Waals surface area (Å²) in [4.78, 5) is 19.1. The van der Waals surface area contributed by atoms with E-state index < -0.39 is 9.39 Å². The van der Waals surface area contributed by atoms with E-state index in [1.165, 1.54) is 12.1 Å². The molecule has 11 heteroatoms.